The average molecular weight is 390 g/mol. The van der Waals surface area contributed by atoms with Crippen LogP contribution in [0.4, 0.5) is 8.78 Å². The van der Waals surface area contributed by atoms with Gasteiger partial charge in [-0.2, -0.15) is 0 Å². The van der Waals surface area contributed by atoms with Crippen molar-refractivity contribution in [1.82, 2.24) is 9.47 Å². The van der Waals surface area contributed by atoms with E-state index in [9.17, 15) is 13.6 Å². The first-order valence-corrected chi connectivity index (χ1v) is 10.1. The summed E-state index contributed by atoms with van der Waals surface area (Å²) in [6.07, 6.45) is 3.97. The summed E-state index contributed by atoms with van der Waals surface area (Å²) in [5.41, 5.74) is 2.63. The van der Waals surface area contributed by atoms with E-state index >= 15 is 0 Å². The molecule has 2 aliphatic rings. The lowest BCUT2D eigenvalue weighted by Crippen LogP contribution is -2.60. The van der Waals surface area contributed by atoms with Crippen LogP contribution in [0.25, 0.3) is 10.9 Å². The first kappa shape index (κ1) is 19.4. The summed E-state index contributed by atoms with van der Waals surface area (Å²) in [5.74, 6) is -2.32. The van der Waals surface area contributed by atoms with Gasteiger partial charge < -0.3 is 9.30 Å². The first-order chi connectivity index (χ1) is 13.3. The van der Waals surface area contributed by atoms with Crippen molar-refractivity contribution in [1.29, 1.82) is 0 Å². The molecular weight excluding hydrogens is 362 g/mol. The van der Waals surface area contributed by atoms with E-state index in [-0.39, 0.29) is 31.1 Å². The monoisotopic (exact) mass is 390 g/mol. The van der Waals surface area contributed by atoms with E-state index < -0.39 is 5.92 Å². The Labute approximate surface area is 164 Å². The van der Waals surface area contributed by atoms with Gasteiger partial charge in [-0.3, -0.25) is 4.90 Å². The predicted molar refractivity (Wildman–Crippen MR) is 105 cm³/mol. The van der Waals surface area contributed by atoms with Crippen molar-refractivity contribution in [2.45, 2.75) is 57.5 Å². The number of benzene rings is 1. The number of hydrogen-bond donors (Lipinski definition) is 0. The number of carbonyl (C=O) groups is 1. The molecule has 1 saturated heterocycles. The number of methoxy groups -OCH3 is 1. The van der Waals surface area contributed by atoms with E-state index in [1.54, 1.807) is 0 Å². The number of para-hydroxylation sites is 1. The molecule has 4 nitrogen and oxygen atoms in total. The first-order valence-electron chi connectivity index (χ1n) is 10.1. The number of esters is 1. The van der Waals surface area contributed by atoms with E-state index in [1.807, 2.05) is 30.0 Å². The fourth-order valence-electron chi connectivity index (χ4n) is 5.24. The molecule has 1 aromatic heterocycles. The predicted octanol–water partition coefficient (Wildman–Crippen LogP) is 4.81. The van der Waals surface area contributed by atoms with Crippen molar-refractivity contribution in [2.75, 3.05) is 20.2 Å². The fraction of sp³-hybridized carbons (Fsp3) is 0.591. The average Bonchev–Trinajstić information content (AvgIpc) is 2.97. The number of halogens is 2. The van der Waals surface area contributed by atoms with E-state index in [1.165, 1.54) is 7.11 Å². The van der Waals surface area contributed by atoms with Crippen LogP contribution < -0.4 is 0 Å². The van der Waals surface area contributed by atoms with Crippen molar-refractivity contribution >= 4 is 16.9 Å². The number of alkyl halides is 2. The van der Waals surface area contributed by atoms with E-state index in [4.69, 9.17) is 4.74 Å². The normalized spacial score (nSPS) is 26.0. The Kier molecular flexibility index (Phi) is 4.94. The smallest absolute Gasteiger partial charge is 0.340 e. The highest BCUT2D eigenvalue weighted by atomic mass is 19.3. The van der Waals surface area contributed by atoms with Crippen molar-refractivity contribution in [3.63, 3.8) is 0 Å². The van der Waals surface area contributed by atoms with Gasteiger partial charge in [-0.25, -0.2) is 13.6 Å². The molecule has 2 aromatic rings. The molecule has 0 spiro atoms. The van der Waals surface area contributed by atoms with Crippen LogP contribution in [-0.2, 0) is 4.74 Å². The number of rotatable bonds is 4. The Morgan fingerprint density at radius 3 is 2.43 bits per heavy atom. The van der Waals surface area contributed by atoms with Crippen molar-refractivity contribution < 1.29 is 18.3 Å². The molecule has 1 aromatic carbocycles. The summed E-state index contributed by atoms with van der Waals surface area (Å²) in [5, 5.41) is 0.926. The SMILES string of the molecule is COC(=O)c1c(C)n([C@H](C)C2CCC(N3CC(F)(F)C3)CC2)c2ccccc12. The number of ether oxygens (including phenoxy) is 1. The Morgan fingerprint density at radius 1 is 1.18 bits per heavy atom. The molecule has 0 amide bonds. The number of carbonyl (C=O) groups excluding carboxylic acids is 1. The second-order valence-corrected chi connectivity index (χ2v) is 8.41. The summed E-state index contributed by atoms with van der Waals surface area (Å²) in [7, 11) is 1.41. The second-order valence-electron chi connectivity index (χ2n) is 8.41. The molecule has 0 radical (unpaired) electrons. The number of nitrogens with zero attached hydrogens (tertiary/aromatic N) is 2. The van der Waals surface area contributed by atoms with Gasteiger partial charge in [-0.1, -0.05) is 18.2 Å². The third kappa shape index (κ3) is 3.21. The zero-order chi connectivity index (χ0) is 20.1. The molecule has 1 aliphatic heterocycles. The minimum Gasteiger partial charge on any atom is -0.465 e. The lowest BCUT2D eigenvalue weighted by molar-refractivity contribution is -0.151. The Morgan fingerprint density at radius 2 is 1.82 bits per heavy atom. The molecule has 2 heterocycles. The van der Waals surface area contributed by atoms with Crippen LogP contribution in [0, 0.1) is 12.8 Å². The summed E-state index contributed by atoms with van der Waals surface area (Å²) in [4.78, 5) is 14.3. The van der Waals surface area contributed by atoms with Crippen LogP contribution in [-0.4, -0.2) is 47.6 Å². The van der Waals surface area contributed by atoms with Crippen molar-refractivity contribution in [3.8, 4) is 0 Å². The summed E-state index contributed by atoms with van der Waals surface area (Å²) in [6.45, 7) is 4.03. The standard InChI is InChI=1S/C22H28F2N2O2/c1-14(16-8-10-17(11-9-16)25-12-22(23,24)13-25)26-15(2)20(21(27)28-3)18-6-4-5-7-19(18)26/h4-7,14,16-17H,8-13H2,1-3H3/t14-,16?,17?/m1/s1. The van der Waals surface area contributed by atoms with Crippen LogP contribution in [0.1, 0.15) is 54.7 Å². The highest BCUT2D eigenvalue weighted by Crippen LogP contribution is 2.41. The van der Waals surface area contributed by atoms with Gasteiger partial charge in [0.25, 0.3) is 5.92 Å². The summed E-state index contributed by atoms with van der Waals surface area (Å²) >= 11 is 0. The van der Waals surface area contributed by atoms with Crippen LogP contribution in [0.2, 0.25) is 0 Å². The molecule has 4 rings (SSSR count). The molecule has 28 heavy (non-hydrogen) atoms. The minimum atomic E-state index is -2.49. The highest BCUT2D eigenvalue weighted by molar-refractivity contribution is 6.05. The lowest BCUT2D eigenvalue weighted by Gasteiger charge is -2.46. The van der Waals surface area contributed by atoms with Crippen LogP contribution in [0.5, 0.6) is 0 Å². The molecule has 0 N–H and O–H groups in total. The van der Waals surface area contributed by atoms with E-state index in [0.717, 1.165) is 42.3 Å². The number of fused-ring (bicyclic) bond motifs is 1. The van der Waals surface area contributed by atoms with Gasteiger partial charge in [0.05, 0.1) is 25.8 Å². The zero-order valence-electron chi connectivity index (χ0n) is 16.8. The second kappa shape index (κ2) is 7.14. The van der Waals surface area contributed by atoms with Crippen molar-refractivity contribution in [3.05, 3.63) is 35.5 Å². The number of likely N-dealkylation sites (tertiary alicyclic amines) is 1. The van der Waals surface area contributed by atoms with Gasteiger partial charge in [-0.15, -0.1) is 0 Å². The van der Waals surface area contributed by atoms with E-state index in [2.05, 4.69) is 17.6 Å². The molecule has 1 atom stereocenters. The van der Waals surface area contributed by atoms with Gasteiger partial charge in [0.15, 0.2) is 0 Å². The molecule has 0 bridgehead atoms. The Bertz CT molecular complexity index is 876. The molecule has 0 unspecified atom stereocenters. The van der Waals surface area contributed by atoms with Crippen molar-refractivity contribution in [2.24, 2.45) is 5.92 Å². The third-order valence-corrected chi connectivity index (χ3v) is 6.76. The minimum absolute atomic E-state index is 0.0816. The van der Waals surface area contributed by atoms with Crippen LogP contribution in [0.3, 0.4) is 0 Å². The maximum Gasteiger partial charge on any atom is 0.340 e. The molecule has 1 aliphatic carbocycles. The van der Waals surface area contributed by atoms with Gasteiger partial charge in [-0.05, 0) is 51.5 Å². The molecule has 2 fully saturated rings. The van der Waals surface area contributed by atoms with Gasteiger partial charge >= 0.3 is 5.97 Å². The number of hydrogen-bond acceptors (Lipinski definition) is 3. The largest absolute Gasteiger partial charge is 0.465 e. The number of aromatic nitrogens is 1. The lowest BCUT2D eigenvalue weighted by atomic mass is 9.80. The topological polar surface area (TPSA) is 34.5 Å². The molecular formula is C22H28F2N2O2. The van der Waals surface area contributed by atoms with Gasteiger partial charge in [0, 0.05) is 28.7 Å². The van der Waals surface area contributed by atoms with E-state index in [0.29, 0.717) is 11.5 Å². The zero-order valence-corrected chi connectivity index (χ0v) is 16.8. The van der Waals surface area contributed by atoms with Crippen LogP contribution >= 0.6 is 0 Å². The molecule has 1 saturated carbocycles. The Balaban J connectivity index is 1.54. The maximum absolute atomic E-state index is 13.2. The Hall–Kier alpha value is -1.95. The van der Waals surface area contributed by atoms with Gasteiger partial charge in [0.2, 0.25) is 0 Å². The summed E-state index contributed by atoms with van der Waals surface area (Å²) in [6, 6.07) is 8.49. The quantitative estimate of drug-likeness (QED) is 0.703. The highest BCUT2D eigenvalue weighted by Gasteiger charge is 2.47. The summed E-state index contributed by atoms with van der Waals surface area (Å²) < 4.78 is 33.6. The van der Waals surface area contributed by atoms with Crippen LogP contribution in [0.15, 0.2) is 24.3 Å². The molecule has 152 valence electrons. The third-order valence-electron chi connectivity index (χ3n) is 6.76. The van der Waals surface area contributed by atoms with Gasteiger partial charge in [0.1, 0.15) is 0 Å². The maximum atomic E-state index is 13.2. The fourth-order valence-corrected chi connectivity index (χ4v) is 5.24. The molecule has 6 heteroatoms.